The van der Waals surface area contributed by atoms with Crippen LogP contribution in [-0.2, 0) is 17.6 Å². The third kappa shape index (κ3) is 6.14. The van der Waals surface area contributed by atoms with E-state index in [1.165, 1.54) is 11.1 Å². The molecule has 2 aromatic rings. The maximum absolute atomic E-state index is 10.9. The first-order valence-electron chi connectivity index (χ1n) is 8.43. The second kappa shape index (κ2) is 9.85. The molecule has 0 radical (unpaired) electrons. The SMILES string of the molecule is O=C(CCCCC(O)c1ccc(CCc2ccccc2)cc1)NO. The Bertz CT molecular complexity index is 611. The summed E-state index contributed by atoms with van der Waals surface area (Å²) in [7, 11) is 0. The van der Waals surface area contributed by atoms with Gasteiger partial charge in [0.1, 0.15) is 0 Å². The van der Waals surface area contributed by atoms with Crippen LogP contribution in [0.4, 0.5) is 0 Å². The quantitative estimate of drug-likeness (QED) is 0.375. The molecule has 2 rings (SSSR count). The minimum absolute atomic E-state index is 0.279. The fraction of sp³-hybridized carbons (Fsp3) is 0.350. The Morgan fingerprint density at radius 3 is 2.17 bits per heavy atom. The normalized spacial score (nSPS) is 11.9. The number of unbranched alkanes of at least 4 members (excludes halogenated alkanes) is 1. The Labute approximate surface area is 143 Å². The highest BCUT2D eigenvalue weighted by molar-refractivity contribution is 5.74. The lowest BCUT2D eigenvalue weighted by atomic mass is 9.99. The van der Waals surface area contributed by atoms with Gasteiger partial charge in [0.15, 0.2) is 0 Å². The third-order valence-electron chi connectivity index (χ3n) is 4.17. The Morgan fingerprint density at radius 1 is 0.917 bits per heavy atom. The summed E-state index contributed by atoms with van der Waals surface area (Å²) in [5.74, 6) is -0.382. The Morgan fingerprint density at radius 2 is 1.54 bits per heavy atom. The number of carbonyl (C=O) groups is 1. The van der Waals surface area contributed by atoms with Gasteiger partial charge in [0, 0.05) is 6.42 Å². The molecule has 0 aliphatic carbocycles. The number of hydroxylamine groups is 1. The summed E-state index contributed by atoms with van der Waals surface area (Å²) < 4.78 is 0. The smallest absolute Gasteiger partial charge is 0.243 e. The summed E-state index contributed by atoms with van der Waals surface area (Å²) in [4.78, 5) is 10.9. The molecule has 0 saturated carbocycles. The molecule has 24 heavy (non-hydrogen) atoms. The molecule has 0 aromatic heterocycles. The van der Waals surface area contributed by atoms with E-state index >= 15 is 0 Å². The predicted molar refractivity (Wildman–Crippen MR) is 93.6 cm³/mol. The van der Waals surface area contributed by atoms with Gasteiger partial charge in [0.2, 0.25) is 5.91 Å². The second-order valence-corrected chi connectivity index (χ2v) is 6.02. The van der Waals surface area contributed by atoms with Gasteiger partial charge in [0.05, 0.1) is 6.10 Å². The second-order valence-electron chi connectivity index (χ2n) is 6.02. The van der Waals surface area contributed by atoms with Gasteiger partial charge in [-0.25, -0.2) is 5.48 Å². The lowest BCUT2D eigenvalue weighted by Crippen LogP contribution is -2.17. The number of hydrogen-bond donors (Lipinski definition) is 3. The van der Waals surface area contributed by atoms with Gasteiger partial charge < -0.3 is 5.11 Å². The first kappa shape index (κ1) is 18.2. The summed E-state index contributed by atoms with van der Waals surface area (Å²) in [5, 5.41) is 18.6. The van der Waals surface area contributed by atoms with Gasteiger partial charge in [-0.05, 0) is 42.4 Å². The number of aryl methyl sites for hydroxylation is 2. The third-order valence-corrected chi connectivity index (χ3v) is 4.17. The van der Waals surface area contributed by atoms with Crippen molar-refractivity contribution in [2.45, 2.75) is 44.6 Å². The number of rotatable bonds is 9. The molecule has 0 aliphatic heterocycles. The van der Waals surface area contributed by atoms with Crippen LogP contribution in [0.25, 0.3) is 0 Å². The van der Waals surface area contributed by atoms with E-state index in [0.29, 0.717) is 12.8 Å². The summed E-state index contributed by atoms with van der Waals surface area (Å²) in [6, 6.07) is 18.5. The topological polar surface area (TPSA) is 69.6 Å². The largest absolute Gasteiger partial charge is 0.388 e. The average molecular weight is 327 g/mol. The molecular formula is C20H25NO3. The number of hydrogen-bond acceptors (Lipinski definition) is 3. The van der Waals surface area contributed by atoms with Crippen LogP contribution >= 0.6 is 0 Å². The van der Waals surface area contributed by atoms with Crippen molar-refractivity contribution in [1.29, 1.82) is 0 Å². The van der Waals surface area contributed by atoms with Crippen LogP contribution in [-0.4, -0.2) is 16.2 Å². The van der Waals surface area contributed by atoms with Crippen molar-refractivity contribution in [3.8, 4) is 0 Å². The summed E-state index contributed by atoms with van der Waals surface area (Å²) in [6.07, 6.45) is 3.77. The molecule has 0 saturated heterocycles. The summed E-state index contributed by atoms with van der Waals surface area (Å²) in [6.45, 7) is 0. The average Bonchev–Trinajstić information content (AvgIpc) is 2.64. The molecule has 0 bridgehead atoms. The Balaban J connectivity index is 1.75. The molecule has 4 heteroatoms. The molecule has 0 spiro atoms. The number of aliphatic hydroxyl groups excluding tert-OH is 1. The molecule has 0 fully saturated rings. The van der Waals surface area contributed by atoms with Gasteiger partial charge in [-0.15, -0.1) is 0 Å². The summed E-state index contributed by atoms with van der Waals surface area (Å²) in [5.41, 5.74) is 5.11. The molecule has 4 nitrogen and oxygen atoms in total. The van der Waals surface area contributed by atoms with Gasteiger partial charge >= 0.3 is 0 Å². The van der Waals surface area contributed by atoms with Crippen LogP contribution in [0.5, 0.6) is 0 Å². The van der Waals surface area contributed by atoms with Crippen LogP contribution in [0.15, 0.2) is 54.6 Å². The minimum atomic E-state index is -0.509. The Hall–Kier alpha value is -2.17. The van der Waals surface area contributed by atoms with Gasteiger partial charge in [0.25, 0.3) is 0 Å². The van der Waals surface area contributed by atoms with Crippen LogP contribution in [0.3, 0.4) is 0 Å². The molecule has 1 amide bonds. The number of benzene rings is 2. The van der Waals surface area contributed by atoms with Crippen molar-refractivity contribution in [2.24, 2.45) is 0 Å². The minimum Gasteiger partial charge on any atom is -0.388 e. The highest BCUT2D eigenvalue weighted by Gasteiger charge is 2.08. The van der Waals surface area contributed by atoms with Gasteiger partial charge in [-0.1, -0.05) is 61.0 Å². The van der Waals surface area contributed by atoms with Gasteiger partial charge in [-0.2, -0.15) is 0 Å². The number of nitrogens with one attached hydrogen (secondary N) is 1. The van der Waals surface area contributed by atoms with E-state index in [4.69, 9.17) is 5.21 Å². The molecule has 1 atom stereocenters. The standard InChI is InChI=1S/C20H25NO3/c22-19(8-4-5-9-20(23)21-24)18-14-12-17(13-15-18)11-10-16-6-2-1-3-7-16/h1-3,6-7,12-15,19,22,24H,4-5,8-11H2,(H,21,23). The van der Waals surface area contributed by atoms with Crippen molar-refractivity contribution < 1.29 is 15.1 Å². The first-order valence-corrected chi connectivity index (χ1v) is 8.43. The molecule has 0 aliphatic rings. The van der Waals surface area contributed by atoms with Crippen molar-refractivity contribution in [3.05, 3.63) is 71.3 Å². The van der Waals surface area contributed by atoms with Crippen molar-refractivity contribution in [1.82, 2.24) is 5.48 Å². The molecule has 128 valence electrons. The van der Waals surface area contributed by atoms with E-state index in [1.807, 2.05) is 18.2 Å². The number of amides is 1. The van der Waals surface area contributed by atoms with Crippen LogP contribution in [0.2, 0.25) is 0 Å². The zero-order valence-corrected chi connectivity index (χ0v) is 13.8. The van der Waals surface area contributed by atoms with Crippen molar-refractivity contribution in [2.75, 3.05) is 0 Å². The lowest BCUT2D eigenvalue weighted by Gasteiger charge is -2.11. The number of aliphatic hydroxyl groups is 1. The van der Waals surface area contributed by atoms with Crippen LogP contribution in [0, 0.1) is 0 Å². The zero-order chi connectivity index (χ0) is 17.2. The lowest BCUT2D eigenvalue weighted by molar-refractivity contribution is -0.129. The van der Waals surface area contributed by atoms with E-state index in [0.717, 1.165) is 24.8 Å². The molecule has 3 N–H and O–H groups in total. The van der Waals surface area contributed by atoms with Crippen molar-refractivity contribution in [3.63, 3.8) is 0 Å². The first-order chi connectivity index (χ1) is 11.7. The van der Waals surface area contributed by atoms with Crippen LogP contribution < -0.4 is 5.48 Å². The summed E-state index contributed by atoms with van der Waals surface area (Å²) >= 11 is 0. The van der Waals surface area contributed by atoms with Gasteiger partial charge in [-0.3, -0.25) is 10.0 Å². The highest BCUT2D eigenvalue weighted by Crippen LogP contribution is 2.20. The molecule has 0 heterocycles. The Kier molecular flexibility index (Phi) is 7.46. The van der Waals surface area contributed by atoms with E-state index in [1.54, 1.807) is 5.48 Å². The van der Waals surface area contributed by atoms with Crippen LogP contribution in [0.1, 0.15) is 48.5 Å². The van der Waals surface area contributed by atoms with Crippen molar-refractivity contribution >= 4 is 5.91 Å². The van der Waals surface area contributed by atoms with E-state index in [-0.39, 0.29) is 12.3 Å². The molecular weight excluding hydrogens is 302 g/mol. The maximum atomic E-state index is 10.9. The molecule has 1 unspecified atom stereocenters. The van der Waals surface area contributed by atoms with E-state index in [2.05, 4.69) is 36.4 Å². The molecule has 2 aromatic carbocycles. The van der Waals surface area contributed by atoms with E-state index < -0.39 is 6.10 Å². The van der Waals surface area contributed by atoms with E-state index in [9.17, 15) is 9.90 Å². The maximum Gasteiger partial charge on any atom is 0.243 e. The predicted octanol–water partition coefficient (Wildman–Crippen LogP) is 3.57. The highest BCUT2D eigenvalue weighted by atomic mass is 16.5. The number of carbonyl (C=O) groups excluding carboxylic acids is 1. The zero-order valence-electron chi connectivity index (χ0n) is 13.8. The fourth-order valence-corrected chi connectivity index (χ4v) is 2.69. The monoisotopic (exact) mass is 327 g/mol. The fourth-order valence-electron chi connectivity index (χ4n) is 2.69.